The van der Waals surface area contributed by atoms with E-state index < -0.39 is 11.5 Å². The van der Waals surface area contributed by atoms with E-state index in [-0.39, 0.29) is 22.3 Å². The van der Waals surface area contributed by atoms with Crippen LogP contribution in [0.4, 0.5) is 0 Å². The van der Waals surface area contributed by atoms with Crippen LogP contribution in [0.5, 0.6) is 11.5 Å². The van der Waals surface area contributed by atoms with Gasteiger partial charge < -0.3 is 19.5 Å². The highest BCUT2D eigenvalue weighted by Gasteiger charge is 2.63. The normalized spacial score (nSPS) is 36.4. The average Bonchev–Trinajstić information content (AvgIpc) is 2.63. The first-order chi connectivity index (χ1) is 12.4. The number of benzene rings is 1. The molecule has 142 valence electrons. The molecule has 1 aliphatic heterocycles. The summed E-state index contributed by atoms with van der Waals surface area (Å²) in [7, 11) is 5.31. The molecule has 1 N–H and O–H groups in total. The number of methoxy groups -OCH3 is 2. The van der Waals surface area contributed by atoms with Crippen LogP contribution in [-0.2, 0) is 21.4 Å². The molecule has 0 radical (unpaired) electrons. The predicted molar refractivity (Wildman–Crippen MR) is 105 cm³/mol. The summed E-state index contributed by atoms with van der Waals surface area (Å²) in [4.78, 5) is 15.0. The fourth-order valence-electron chi connectivity index (χ4n) is 5.48. The van der Waals surface area contributed by atoms with E-state index in [9.17, 15) is 9.90 Å². The Morgan fingerprint density at radius 1 is 1.38 bits per heavy atom. The number of alkyl halides is 1. The van der Waals surface area contributed by atoms with E-state index in [1.807, 2.05) is 6.07 Å². The fourth-order valence-corrected chi connectivity index (χ4v) is 7.14. The minimum atomic E-state index is -0.446. The number of fused-ring (bicyclic) bond motifs is 1. The molecule has 4 unspecified atom stereocenters. The Balaban J connectivity index is 2.00. The van der Waals surface area contributed by atoms with E-state index in [1.165, 1.54) is 0 Å². The largest absolute Gasteiger partial charge is 0.504 e. The molecule has 4 rings (SSSR count). The Kier molecular flexibility index (Phi) is 4.66. The SMILES string of the molecule is COc1cc(Br)c2c(c1O)[C@@]13CCN(C)C(C2)C1CC(OC)C(=O)C3Br. The van der Waals surface area contributed by atoms with E-state index in [1.54, 1.807) is 14.2 Å². The van der Waals surface area contributed by atoms with E-state index >= 15 is 0 Å². The number of nitrogens with zero attached hydrogens (tertiary/aromatic N) is 1. The van der Waals surface area contributed by atoms with Crippen LogP contribution in [0.15, 0.2) is 10.5 Å². The van der Waals surface area contributed by atoms with Crippen molar-refractivity contribution < 1.29 is 19.4 Å². The molecule has 2 bridgehead atoms. The Morgan fingerprint density at radius 3 is 2.77 bits per heavy atom. The van der Waals surface area contributed by atoms with E-state index in [0.717, 1.165) is 35.0 Å². The minimum absolute atomic E-state index is 0.0678. The number of phenols is 1. The molecular formula is C19H23Br2NO4. The second-order valence-electron chi connectivity index (χ2n) is 7.64. The Labute approximate surface area is 170 Å². The zero-order chi connectivity index (χ0) is 18.8. The average molecular weight is 489 g/mol. The summed E-state index contributed by atoms with van der Waals surface area (Å²) >= 11 is 7.41. The lowest BCUT2D eigenvalue weighted by Gasteiger charge is -2.60. The van der Waals surface area contributed by atoms with Crippen LogP contribution in [0.1, 0.15) is 24.0 Å². The predicted octanol–water partition coefficient (Wildman–Crippen LogP) is 3.03. The van der Waals surface area contributed by atoms with Gasteiger partial charge in [-0.05, 0) is 50.4 Å². The number of rotatable bonds is 2. The smallest absolute Gasteiger partial charge is 0.176 e. The number of piperidine rings is 1. The summed E-state index contributed by atoms with van der Waals surface area (Å²) in [6.45, 7) is 0.891. The highest BCUT2D eigenvalue weighted by Crippen LogP contribution is 2.61. The second kappa shape index (κ2) is 6.47. The molecule has 2 fully saturated rings. The summed E-state index contributed by atoms with van der Waals surface area (Å²) in [5.41, 5.74) is 1.52. The first-order valence-electron chi connectivity index (χ1n) is 8.86. The van der Waals surface area contributed by atoms with Gasteiger partial charge in [0.2, 0.25) is 0 Å². The second-order valence-corrected chi connectivity index (χ2v) is 9.41. The number of ketones is 1. The number of halogens is 2. The summed E-state index contributed by atoms with van der Waals surface area (Å²) in [5, 5.41) is 11.1. The number of likely N-dealkylation sites (N-methyl/N-ethyl adjacent to an activating group) is 1. The molecule has 7 heteroatoms. The zero-order valence-electron chi connectivity index (χ0n) is 15.1. The summed E-state index contributed by atoms with van der Waals surface area (Å²) in [6, 6.07) is 2.14. The molecule has 0 amide bonds. The summed E-state index contributed by atoms with van der Waals surface area (Å²) in [6.07, 6.45) is 1.92. The molecule has 1 aromatic rings. The van der Waals surface area contributed by atoms with Crippen molar-refractivity contribution >= 4 is 37.6 Å². The standard InChI is InChI=1S/C19H23Br2NO4/c1-22-5-4-19-10(7-13(25-2)17(24)18(19)21)12(22)6-9-11(20)8-14(26-3)16(23)15(9)19/h8,10,12-13,18,23H,4-7H2,1-3H3/t10?,12?,13?,18?,19-/m1/s1. The quantitative estimate of drug-likeness (QED) is 0.648. The number of carbonyl (C=O) groups excluding carboxylic acids is 1. The Hall–Kier alpha value is -0.630. The van der Waals surface area contributed by atoms with E-state index in [2.05, 4.69) is 43.8 Å². The topological polar surface area (TPSA) is 59.0 Å². The molecule has 1 aromatic carbocycles. The lowest BCUT2D eigenvalue weighted by atomic mass is 9.51. The lowest BCUT2D eigenvalue weighted by Crippen LogP contribution is -2.67. The zero-order valence-corrected chi connectivity index (χ0v) is 18.3. The molecule has 1 heterocycles. The number of Topliss-reactive ketones (excluding diaryl/α,β-unsaturated/α-hetero) is 1. The molecule has 5 nitrogen and oxygen atoms in total. The third-order valence-corrected chi connectivity index (χ3v) is 8.73. The van der Waals surface area contributed by atoms with Crippen LogP contribution in [-0.4, -0.2) is 60.6 Å². The van der Waals surface area contributed by atoms with E-state index in [4.69, 9.17) is 9.47 Å². The highest BCUT2D eigenvalue weighted by molar-refractivity contribution is 9.10. The van der Waals surface area contributed by atoms with Gasteiger partial charge in [0.25, 0.3) is 0 Å². The van der Waals surface area contributed by atoms with Gasteiger partial charge in [-0.25, -0.2) is 0 Å². The molecular weight excluding hydrogens is 466 g/mol. The first kappa shape index (κ1) is 18.7. The highest BCUT2D eigenvalue weighted by atomic mass is 79.9. The van der Waals surface area contributed by atoms with Crippen LogP contribution in [0.25, 0.3) is 0 Å². The number of aromatic hydroxyl groups is 1. The van der Waals surface area contributed by atoms with Gasteiger partial charge >= 0.3 is 0 Å². The van der Waals surface area contributed by atoms with Crippen molar-refractivity contribution in [2.24, 2.45) is 5.92 Å². The van der Waals surface area contributed by atoms with Crippen LogP contribution in [0.3, 0.4) is 0 Å². The van der Waals surface area contributed by atoms with Crippen molar-refractivity contribution in [1.82, 2.24) is 4.90 Å². The fraction of sp³-hybridized carbons (Fsp3) is 0.632. The van der Waals surface area contributed by atoms with E-state index in [0.29, 0.717) is 18.2 Å². The summed E-state index contributed by atoms with van der Waals surface area (Å²) < 4.78 is 11.9. The molecule has 5 atom stereocenters. The maximum atomic E-state index is 13.0. The van der Waals surface area contributed by atoms with Crippen molar-refractivity contribution in [3.05, 3.63) is 21.7 Å². The van der Waals surface area contributed by atoms with Gasteiger partial charge in [0.05, 0.1) is 11.9 Å². The van der Waals surface area contributed by atoms with Gasteiger partial charge in [-0.3, -0.25) is 4.79 Å². The van der Waals surface area contributed by atoms with Crippen LogP contribution >= 0.6 is 31.9 Å². The summed E-state index contributed by atoms with van der Waals surface area (Å²) in [5.74, 6) is 0.915. The Bertz CT molecular complexity index is 770. The van der Waals surface area contributed by atoms with Gasteiger partial charge in [0, 0.05) is 28.6 Å². The number of ether oxygens (including phenoxy) is 2. The Morgan fingerprint density at radius 2 is 2.12 bits per heavy atom. The molecule has 1 saturated heterocycles. The van der Waals surface area contributed by atoms with Crippen molar-refractivity contribution in [3.63, 3.8) is 0 Å². The molecule has 26 heavy (non-hydrogen) atoms. The maximum absolute atomic E-state index is 13.0. The molecule has 1 saturated carbocycles. The molecule has 0 spiro atoms. The van der Waals surface area contributed by atoms with Gasteiger partial charge in [-0.1, -0.05) is 31.9 Å². The van der Waals surface area contributed by atoms with Crippen molar-refractivity contribution in [2.75, 3.05) is 27.8 Å². The number of likely N-dealkylation sites (tertiary alicyclic amines) is 1. The van der Waals surface area contributed by atoms with Gasteiger partial charge in [-0.2, -0.15) is 0 Å². The number of hydrogen-bond donors (Lipinski definition) is 1. The van der Waals surface area contributed by atoms with Crippen LogP contribution in [0, 0.1) is 5.92 Å². The van der Waals surface area contributed by atoms with Crippen LogP contribution < -0.4 is 4.74 Å². The van der Waals surface area contributed by atoms with Crippen molar-refractivity contribution in [1.29, 1.82) is 0 Å². The lowest BCUT2D eigenvalue weighted by molar-refractivity contribution is -0.140. The van der Waals surface area contributed by atoms with Crippen LogP contribution in [0.2, 0.25) is 0 Å². The maximum Gasteiger partial charge on any atom is 0.176 e. The third kappa shape index (κ3) is 2.30. The van der Waals surface area contributed by atoms with Gasteiger partial charge in [0.1, 0.15) is 6.10 Å². The molecule has 3 aliphatic rings. The monoisotopic (exact) mass is 487 g/mol. The van der Waals surface area contributed by atoms with Crippen molar-refractivity contribution in [3.8, 4) is 11.5 Å². The van der Waals surface area contributed by atoms with Gasteiger partial charge in [0.15, 0.2) is 17.3 Å². The number of phenolic OH excluding ortho intramolecular Hbond substituents is 1. The molecule has 0 aromatic heterocycles. The van der Waals surface area contributed by atoms with Gasteiger partial charge in [-0.15, -0.1) is 0 Å². The van der Waals surface area contributed by atoms with Crippen molar-refractivity contribution in [2.45, 2.75) is 41.7 Å². The third-order valence-electron chi connectivity index (χ3n) is 6.76. The molecule has 2 aliphatic carbocycles. The number of carbonyl (C=O) groups is 1. The first-order valence-corrected chi connectivity index (χ1v) is 10.6. The number of hydrogen-bond acceptors (Lipinski definition) is 5. The minimum Gasteiger partial charge on any atom is -0.504 e.